The summed E-state index contributed by atoms with van der Waals surface area (Å²) in [5, 5.41) is 0. The van der Waals surface area contributed by atoms with Gasteiger partial charge >= 0.3 is 0 Å². The minimum Gasteiger partial charge on any atom is -0.382 e. The van der Waals surface area contributed by atoms with E-state index in [4.69, 9.17) is 23.7 Å². The molecule has 0 saturated carbocycles. The molecule has 1 fully saturated rings. The maximum atomic E-state index is 5.86. The van der Waals surface area contributed by atoms with Crippen LogP contribution in [0.4, 0.5) is 0 Å². The lowest BCUT2D eigenvalue weighted by atomic mass is 9.93. The van der Waals surface area contributed by atoms with Crippen LogP contribution >= 0.6 is 0 Å². The van der Waals surface area contributed by atoms with Gasteiger partial charge in [-0.15, -0.1) is 6.58 Å². The van der Waals surface area contributed by atoms with Crippen molar-refractivity contribution >= 4 is 0 Å². The highest BCUT2D eigenvalue weighted by molar-refractivity contribution is 4.85. The Morgan fingerprint density at radius 1 is 1.40 bits per heavy atom. The third kappa shape index (κ3) is 5.89. The van der Waals surface area contributed by atoms with E-state index in [1.165, 1.54) is 0 Å². The van der Waals surface area contributed by atoms with Crippen LogP contribution in [0.2, 0.25) is 0 Å². The maximum absolute atomic E-state index is 5.86. The molecule has 0 radical (unpaired) electrons. The van der Waals surface area contributed by atoms with Gasteiger partial charge in [0.05, 0.1) is 32.0 Å². The molecule has 0 aromatic heterocycles. The molecule has 0 N–H and O–H groups in total. The van der Waals surface area contributed by atoms with E-state index in [9.17, 15) is 0 Å². The van der Waals surface area contributed by atoms with E-state index >= 15 is 0 Å². The minimum absolute atomic E-state index is 0.0128. The monoisotopic (exact) mass is 288 g/mol. The van der Waals surface area contributed by atoms with Crippen molar-refractivity contribution in [3.05, 3.63) is 12.7 Å². The van der Waals surface area contributed by atoms with Crippen molar-refractivity contribution in [2.75, 3.05) is 33.7 Å². The van der Waals surface area contributed by atoms with Gasteiger partial charge in [-0.05, 0) is 27.2 Å². The van der Waals surface area contributed by atoms with Crippen molar-refractivity contribution in [3.8, 4) is 0 Å². The third-order valence-corrected chi connectivity index (χ3v) is 3.37. The first-order valence-corrected chi connectivity index (χ1v) is 7.11. The van der Waals surface area contributed by atoms with Gasteiger partial charge in [-0.25, -0.2) is 0 Å². The summed E-state index contributed by atoms with van der Waals surface area (Å²) in [4.78, 5) is 0. The lowest BCUT2D eigenvalue weighted by molar-refractivity contribution is -0.303. The van der Waals surface area contributed by atoms with Crippen molar-refractivity contribution in [1.82, 2.24) is 0 Å². The molecule has 5 heteroatoms. The fourth-order valence-electron chi connectivity index (χ4n) is 2.28. The Hall–Kier alpha value is -0.460. The van der Waals surface area contributed by atoms with E-state index in [2.05, 4.69) is 13.5 Å². The molecule has 1 heterocycles. The van der Waals surface area contributed by atoms with Crippen molar-refractivity contribution in [2.24, 2.45) is 5.92 Å². The second-order valence-corrected chi connectivity index (χ2v) is 5.45. The Labute approximate surface area is 122 Å². The van der Waals surface area contributed by atoms with Gasteiger partial charge in [0, 0.05) is 13.0 Å². The van der Waals surface area contributed by atoms with Gasteiger partial charge in [0.1, 0.15) is 6.79 Å². The molecule has 0 spiro atoms. The first kappa shape index (κ1) is 17.6. The fourth-order valence-corrected chi connectivity index (χ4v) is 2.28. The second-order valence-electron chi connectivity index (χ2n) is 5.45. The van der Waals surface area contributed by atoms with E-state index in [0.29, 0.717) is 19.8 Å². The number of hydrogen-bond acceptors (Lipinski definition) is 5. The van der Waals surface area contributed by atoms with Crippen LogP contribution in [0.3, 0.4) is 0 Å². The smallest absolute Gasteiger partial charge is 0.163 e. The molecule has 0 unspecified atom stereocenters. The molecule has 3 atom stereocenters. The summed E-state index contributed by atoms with van der Waals surface area (Å²) >= 11 is 0. The molecule has 0 aromatic rings. The molecule has 1 rings (SSSR count). The van der Waals surface area contributed by atoms with E-state index in [1.54, 1.807) is 7.11 Å². The second kappa shape index (κ2) is 8.74. The molecule has 1 aliphatic rings. The topological polar surface area (TPSA) is 46.2 Å². The van der Waals surface area contributed by atoms with Gasteiger partial charge in [0.15, 0.2) is 5.79 Å². The van der Waals surface area contributed by atoms with Gasteiger partial charge in [-0.3, -0.25) is 0 Å². The summed E-state index contributed by atoms with van der Waals surface area (Å²) in [6.07, 6.45) is 2.66. The summed E-state index contributed by atoms with van der Waals surface area (Å²) in [5.41, 5.74) is 0. The van der Waals surface area contributed by atoms with Crippen molar-refractivity contribution in [1.29, 1.82) is 0 Å². The number of ether oxygens (including phenoxy) is 5. The largest absolute Gasteiger partial charge is 0.382 e. The number of rotatable bonds is 9. The highest BCUT2D eigenvalue weighted by Gasteiger charge is 2.38. The molecule has 1 saturated heterocycles. The summed E-state index contributed by atoms with van der Waals surface area (Å²) in [6.45, 7) is 11.6. The zero-order valence-corrected chi connectivity index (χ0v) is 13.1. The van der Waals surface area contributed by atoms with Crippen molar-refractivity contribution in [3.63, 3.8) is 0 Å². The molecular weight excluding hydrogens is 260 g/mol. The summed E-state index contributed by atoms with van der Waals surface area (Å²) < 4.78 is 27.7. The van der Waals surface area contributed by atoms with Gasteiger partial charge in [0.2, 0.25) is 0 Å². The van der Waals surface area contributed by atoms with Gasteiger partial charge in [0.25, 0.3) is 0 Å². The van der Waals surface area contributed by atoms with Crippen LogP contribution < -0.4 is 0 Å². The minimum atomic E-state index is -0.524. The van der Waals surface area contributed by atoms with Crippen molar-refractivity contribution in [2.45, 2.75) is 45.2 Å². The fraction of sp³-hybridized carbons (Fsp3) is 0.867. The van der Waals surface area contributed by atoms with Gasteiger partial charge < -0.3 is 23.7 Å². The maximum Gasteiger partial charge on any atom is 0.163 e. The Morgan fingerprint density at radius 2 is 2.15 bits per heavy atom. The highest BCUT2D eigenvalue weighted by Crippen LogP contribution is 2.30. The van der Waals surface area contributed by atoms with Crippen LogP contribution in [-0.4, -0.2) is 51.7 Å². The van der Waals surface area contributed by atoms with Crippen LogP contribution in [0.25, 0.3) is 0 Å². The molecule has 0 aromatic carbocycles. The SMILES string of the molecule is C=CC[C@@H](OCOCCOC)[C@@H]1COC(C)(C)O[C@@H]1C. The predicted molar refractivity (Wildman–Crippen MR) is 76.5 cm³/mol. The average molecular weight is 288 g/mol. The summed E-state index contributed by atoms with van der Waals surface area (Å²) in [7, 11) is 1.64. The first-order chi connectivity index (χ1) is 9.50. The lowest BCUT2D eigenvalue weighted by Crippen LogP contribution is -2.49. The standard InChI is InChI=1S/C15H28O5/c1-6-7-14(18-11-17-9-8-16-5)13-10-19-15(3,4)20-12(13)2/h6,12-14H,1,7-11H2,2-5H3/t12-,13-,14-/m1/s1. The Morgan fingerprint density at radius 3 is 2.75 bits per heavy atom. The van der Waals surface area contributed by atoms with E-state index in [1.807, 2.05) is 19.9 Å². The highest BCUT2D eigenvalue weighted by atomic mass is 16.7. The summed E-state index contributed by atoms with van der Waals surface area (Å²) in [5.74, 6) is -0.351. The van der Waals surface area contributed by atoms with E-state index < -0.39 is 5.79 Å². The van der Waals surface area contributed by atoms with Crippen LogP contribution in [0.5, 0.6) is 0 Å². The van der Waals surface area contributed by atoms with E-state index in [-0.39, 0.29) is 24.9 Å². The Kier molecular flexibility index (Phi) is 7.69. The van der Waals surface area contributed by atoms with Crippen LogP contribution in [-0.2, 0) is 23.7 Å². The van der Waals surface area contributed by atoms with Gasteiger partial charge in [-0.2, -0.15) is 0 Å². The molecule has 0 bridgehead atoms. The lowest BCUT2D eigenvalue weighted by Gasteiger charge is -2.42. The predicted octanol–water partition coefficient (Wildman–Crippen LogP) is 2.36. The van der Waals surface area contributed by atoms with Crippen LogP contribution in [0.1, 0.15) is 27.2 Å². The molecule has 118 valence electrons. The normalized spacial score (nSPS) is 27.2. The summed E-state index contributed by atoms with van der Waals surface area (Å²) in [6, 6.07) is 0. The quantitative estimate of drug-likeness (QED) is 0.370. The molecular formula is C15H28O5. The molecule has 20 heavy (non-hydrogen) atoms. The zero-order chi connectivity index (χ0) is 15.0. The Bertz CT molecular complexity index is 279. The van der Waals surface area contributed by atoms with E-state index in [0.717, 1.165) is 6.42 Å². The average Bonchev–Trinajstić information content (AvgIpc) is 2.37. The Balaban J connectivity index is 2.42. The zero-order valence-electron chi connectivity index (χ0n) is 13.1. The number of hydrogen-bond donors (Lipinski definition) is 0. The van der Waals surface area contributed by atoms with Gasteiger partial charge in [-0.1, -0.05) is 6.08 Å². The molecule has 0 amide bonds. The number of methoxy groups -OCH3 is 1. The van der Waals surface area contributed by atoms with Crippen LogP contribution in [0, 0.1) is 5.92 Å². The molecule has 0 aliphatic carbocycles. The molecule has 5 nitrogen and oxygen atoms in total. The van der Waals surface area contributed by atoms with Crippen molar-refractivity contribution < 1.29 is 23.7 Å². The third-order valence-electron chi connectivity index (χ3n) is 3.37. The first-order valence-electron chi connectivity index (χ1n) is 7.11. The molecule has 1 aliphatic heterocycles. The van der Waals surface area contributed by atoms with Crippen LogP contribution in [0.15, 0.2) is 12.7 Å².